The van der Waals surface area contributed by atoms with E-state index in [4.69, 9.17) is 4.42 Å². The number of rotatable bonds is 5. The molecule has 0 aliphatic rings. The number of nitrogens with zero attached hydrogens (tertiary/aromatic N) is 3. The Hall–Kier alpha value is -3.75. The molecular weight excluding hydrogens is 380 g/mol. The van der Waals surface area contributed by atoms with Gasteiger partial charge in [0.25, 0.3) is 6.43 Å². The van der Waals surface area contributed by atoms with Crippen LogP contribution >= 0.6 is 0 Å². The van der Waals surface area contributed by atoms with Crippen LogP contribution in [0.1, 0.15) is 23.1 Å². The molecule has 2 N–H and O–H groups in total. The molecule has 0 bridgehead atoms. The number of alkyl halides is 2. The van der Waals surface area contributed by atoms with Crippen LogP contribution in [0.4, 0.5) is 26.2 Å². The quantitative estimate of drug-likeness (QED) is 0.514. The number of benzene rings is 2. The van der Waals surface area contributed by atoms with Crippen LogP contribution in [0.25, 0.3) is 11.1 Å². The van der Waals surface area contributed by atoms with Gasteiger partial charge in [-0.25, -0.2) is 18.6 Å². The first kappa shape index (κ1) is 18.6. The van der Waals surface area contributed by atoms with Crippen LogP contribution in [0.3, 0.4) is 0 Å². The summed E-state index contributed by atoms with van der Waals surface area (Å²) in [5.41, 5.74) is 5.49. The fourth-order valence-corrected chi connectivity index (χ4v) is 2.88. The summed E-state index contributed by atoms with van der Waals surface area (Å²) in [6.07, 6.45) is -1.01. The molecule has 0 saturated heterocycles. The van der Waals surface area contributed by atoms with Crippen LogP contribution in [-0.2, 0) is 0 Å². The number of anilines is 3. The molecule has 0 aliphatic carbocycles. The number of aromatic nitrogens is 3. The van der Waals surface area contributed by atoms with Crippen LogP contribution in [0.2, 0.25) is 0 Å². The van der Waals surface area contributed by atoms with Crippen molar-refractivity contribution in [3.05, 3.63) is 75.9 Å². The predicted octanol–water partition coefficient (Wildman–Crippen LogP) is 4.56. The molecule has 2 heterocycles. The zero-order valence-electron chi connectivity index (χ0n) is 15.6. The molecular formula is C20H17F2N5O2. The maximum absolute atomic E-state index is 13.1. The molecule has 0 saturated carbocycles. The van der Waals surface area contributed by atoms with Crippen molar-refractivity contribution in [2.45, 2.75) is 20.3 Å². The molecule has 2 aromatic carbocycles. The minimum absolute atomic E-state index is 0.0584. The molecule has 2 aromatic heterocycles. The molecule has 4 aromatic rings. The van der Waals surface area contributed by atoms with Gasteiger partial charge in [-0.15, -0.1) is 0 Å². The van der Waals surface area contributed by atoms with Crippen LogP contribution in [-0.4, -0.2) is 14.6 Å². The summed E-state index contributed by atoms with van der Waals surface area (Å²) in [7, 11) is 0. The summed E-state index contributed by atoms with van der Waals surface area (Å²) >= 11 is 0. The third-order valence-corrected chi connectivity index (χ3v) is 4.45. The van der Waals surface area contributed by atoms with Gasteiger partial charge in [-0.3, -0.25) is 5.43 Å². The van der Waals surface area contributed by atoms with Crippen LogP contribution in [0.5, 0.6) is 0 Å². The van der Waals surface area contributed by atoms with Gasteiger partial charge in [-0.05, 0) is 43.7 Å². The van der Waals surface area contributed by atoms with Crippen LogP contribution in [0.15, 0.2) is 57.9 Å². The van der Waals surface area contributed by atoms with Crippen molar-refractivity contribution in [3.8, 4) is 0 Å². The maximum atomic E-state index is 13.1. The molecule has 0 aliphatic heterocycles. The van der Waals surface area contributed by atoms with Gasteiger partial charge in [0.05, 0.1) is 0 Å². The number of aryl methyl sites for hydroxylation is 2. The smallest absolute Gasteiger partial charge is 0.406 e. The van der Waals surface area contributed by atoms with Crippen LogP contribution in [0, 0.1) is 13.8 Å². The van der Waals surface area contributed by atoms with E-state index in [2.05, 4.69) is 20.7 Å². The Morgan fingerprint density at radius 3 is 2.69 bits per heavy atom. The number of hydrogen-bond acceptors (Lipinski definition) is 6. The van der Waals surface area contributed by atoms with Gasteiger partial charge >= 0.3 is 5.76 Å². The molecule has 4 rings (SSSR count). The predicted molar refractivity (Wildman–Crippen MR) is 106 cm³/mol. The second-order valence-corrected chi connectivity index (χ2v) is 6.51. The highest BCUT2D eigenvalue weighted by molar-refractivity contribution is 5.73. The van der Waals surface area contributed by atoms with Crippen molar-refractivity contribution in [2.24, 2.45) is 0 Å². The Morgan fingerprint density at radius 2 is 1.90 bits per heavy atom. The topological polar surface area (TPSA) is 85.0 Å². The molecule has 0 atom stereocenters. The van der Waals surface area contributed by atoms with E-state index in [0.717, 1.165) is 0 Å². The zero-order valence-corrected chi connectivity index (χ0v) is 15.6. The molecule has 29 heavy (non-hydrogen) atoms. The lowest BCUT2D eigenvalue weighted by Gasteiger charge is -2.12. The number of oxazole rings is 1. The standard InChI is InChI=1S/C20H17F2N5O2/c1-11-7-8-13(9-14(11)17(21)22)24-19-23-10-12(2)18(25-19)26-27-15-5-3-4-6-16(15)29-20(27)28/h3-10,17H,1-2H3,(H2,23,24,25,26). The molecule has 148 valence electrons. The number of nitrogens with one attached hydrogen (secondary N) is 2. The Kier molecular flexibility index (Phi) is 4.71. The van der Waals surface area contributed by atoms with Gasteiger partial charge in [0.1, 0.15) is 5.52 Å². The average molecular weight is 397 g/mol. The highest BCUT2D eigenvalue weighted by Gasteiger charge is 2.13. The fourth-order valence-electron chi connectivity index (χ4n) is 2.88. The number of hydrogen-bond donors (Lipinski definition) is 2. The van der Waals surface area contributed by atoms with Gasteiger partial charge < -0.3 is 9.73 Å². The minimum atomic E-state index is -2.57. The summed E-state index contributed by atoms with van der Waals surface area (Å²) in [6.45, 7) is 3.41. The largest absolute Gasteiger partial charge is 0.439 e. The normalized spacial score (nSPS) is 11.2. The first-order valence-electron chi connectivity index (χ1n) is 8.79. The number of halogens is 2. The Bertz CT molecular complexity index is 1250. The molecule has 0 radical (unpaired) electrons. The van der Waals surface area contributed by atoms with Gasteiger partial charge in [0.2, 0.25) is 5.95 Å². The molecule has 0 fully saturated rings. The van der Waals surface area contributed by atoms with E-state index in [0.29, 0.717) is 33.7 Å². The zero-order chi connectivity index (χ0) is 20.5. The second-order valence-electron chi connectivity index (χ2n) is 6.51. The number of fused-ring (bicyclic) bond motifs is 1. The third-order valence-electron chi connectivity index (χ3n) is 4.45. The monoisotopic (exact) mass is 397 g/mol. The van der Waals surface area contributed by atoms with Crippen molar-refractivity contribution >= 4 is 28.6 Å². The van der Waals surface area contributed by atoms with Gasteiger partial charge in [-0.1, -0.05) is 18.2 Å². The molecule has 0 spiro atoms. The highest BCUT2D eigenvalue weighted by Crippen LogP contribution is 2.27. The Morgan fingerprint density at radius 1 is 1.10 bits per heavy atom. The van der Waals surface area contributed by atoms with E-state index in [9.17, 15) is 13.6 Å². The molecule has 9 heteroatoms. The Balaban J connectivity index is 1.65. The summed E-state index contributed by atoms with van der Waals surface area (Å²) < 4.78 is 32.7. The van der Waals surface area contributed by atoms with Crippen molar-refractivity contribution in [1.82, 2.24) is 14.6 Å². The van der Waals surface area contributed by atoms with E-state index >= 15 is 0 Å². The van der Waals surface area contributed by atoms with Crippen molar-refractivity contribution in [1.29, 1.82) is 0 Å². The average Bonchev–Trinajstić information content (AvgIpc) is 3.01. The van der Waals surface area contributed by atoms with Gasteiger partial charge in [0.15, 0.2) is 11.4 Å². The minimum Gasteiger partial charge on any atom is -0.406 e. The van der Waals surface area contributed by atoms with Gasteiger partial charge in [0, 0.05) is 23.0 Å². The molecule has 7 nitrogen and oxygen atoms in total. The lowest BCUT2D eigenvalue weighted by Crippen LogP contribution is -2.23. The summed E-state index contributed by atoms with van der Waals surface area (Å²) in [5.74, 6) is -0.0146. The molecule has 0 unspecified atom stereocenters. The van der Waals surface area contributed by atoms with E-state index in [1.54, 1.807) is 56.4 Å². The van der Waals surface area contributed by atoms with Crippen molar-refractivity contribution < 1.29 is 13.2 Å². The van der Waals surface area contributed by atoms with Gasteiger partial charge in [-0.2, -0.15) is 9.66 Å². The molecule has 0 amide bonds. The Labute approximate surface area is 164 Å². The lowest BCUT2D eigenvalue weighted by atomic mass is 10.1. The fraction of sp³-hybridized carbons (Fsp3) is 0.150. The van der Waals surface area contributed by atoms with E-state index in [-0.39, 0.29) is 11.5 Å². The van der Waals surface area contributed by atoms with E-state index < -0.39 is 12.2 Å². The second kappa shape index (κ2) is 7.34. The van der Waals surface area contributed by atoms with Crippen LogP contribution < -0.4 is 16.5 Å². The first-order chi connectivity index (χ1) is 13.9. The number of para-hydroxylation sites is 2. The van der Waals surface area contributed by atoms with E-state index in [1.807, 2.05) is 0 Å². The van der Waals surface area contributed by atoms with E-state index in [1.165, 1.54) is 10.7 Å². The summed E-state index contributed by atoms with van der Waals surface area (Å²) in [5, 5.41) is 2.92. The third kappa shape index (κ3) is 3.66. The van der Waals surface area contributed by atoms with Crippen molar-refractivity contribution in [2.75, 3.05) is 10.7 Å². The van der Waals surface area contributed by atoms with Crippen molar-refractivity contribution in [3.63, 3.8) is 0 Å². The SMILES string of the molecule is Cc1ccc(Nc2ncc(C)c(Nn3c(=O)oc4ccccc43)n2)cc1C(F)F. The summed E-state index contributed by atoms with van der Waals surface area (Å²) in [6, 6.07) is 11.6. The lowest BCUT2D eigenvalue weighted by molar-refractivity contribution is 0.150. The summed E-state index contributed by atoms with van der Waals surface area (Å²) in [4.78, 5) is 20.7. The maximum Gasteiger partial charge on any atom is 0.439 e. The highest BCUT2D eigenvalue weighted by atomic mass is 19.3. The first-order valence-corrected chi connectivity index (χ1v) is 8.79.